The van der Waals surface area contributed by atoms with Crippen molar-refractivity contribution in [1.82, 2.24) is 15.4 Å². The van der Waals surface area contributed by atoms with Gasteiger partial charge >= 0.3 is 0 Å². The van der Waals surface area contributed by atoms with Crippen molar-refractivity contribution in [2.75, 3.05) is 6.26 Å². The van der Waals surface area contributed by atoms with Gasteiger partial charge in [-0.15, -0.1) is 0 Å². The van der Waals surface area contributed by atoms with E-state index in [9.17, 15) is 28.8 Å². The fourth-order valence-corrected chi connectivity index (χ4v) is 4.36. The molecular formula is C28H49N3O6S. The van der Waals surface area contributed by atoms with Gasteiger partial charge in [0, 0.05) is 42.9 Å². The Balaban J connectivity index is 5.23. The molecule has 3 atom stereocenters. The summed E-state index contributed by atoms with van der Waals surface area (Å²) in [6.45, 7) is 14.1. The summed E-state index contributed by atoms with van der Waals surface area (Å²) in [7, 11) is 0. The van der Waals surface area contributed by atoms with Gasteiger partial charge in [-0.1, -0.05) is 67.3 Å². The smallest absolute Gasteiger partial charge is 0.220 e. The van der Waals surface area contributed by atoms with Crippen LogP contribution in [0.3, 0.4) is 0 Å². The monoisotopic (exact) mass is 555 g/mol. The summed E-state index contributed by atoms with van der Waals surface area (Å²) >= 11 is 1.31. The Morgan fingerprint density at radius 1 is 0.526 bits per heavy atom. The molecule has 0 saturated heterocycles. The Kier molecular flexibility index (Phi) is 17.3. The molecule has 0 heterocycles. The molecule has 0 aromatic rings. The highest BCUT2D eigenvalue weighted by atomic mass is 32.2. The maximum Gasteiger partial charge on any atom is 0.220 e. The van der Waals surface area contributed by atoms with Crippen molar-refractivity contribution in [2.24, 2.45) is 23.7 Å². The van der Waals surface area contributed by atoms with Gasteiger partial charge in [-0.05, 0) is 25.5 Å². The average Bonchev–Trinajstić information content (AvgIpc) is 2.84. The quantitative estimate of drug-likeness (QED) is 0.194. The second kappa shape index (κ2) is 18.3. The van der Waals surface area contributed by atoms with E-state index in [1.807, 2.05) is 6.26 Å². The van der Waals surface area contributed by atoms with Gasteiger partial charge < -0.3 is 10.6 Å². The van der Waals surface area contributed by atoms with Crippen LogP contribution >= 0.6 is 11.9 Å². The van der Waals surface area contributed by atoms with Gasteiger partial charge in [-0.3, -0.25) is 33.5 Å². The minimum atomic E-state index is -0.859. The van der Waals surface area contributed by atoms with Crippen molar-refractivity contribution in [3.8, 4) is 0 Å². The van der Waals surface area contributed by atoms with E-state index >= 15 is 0 Å². The lowest BCUT2D eigenvalue weighted by molar-refractivity contribution is -0.132. The van der Waals surface area contributed by atoms with E-state index in [-0.39, 0.29) is 84.8 Å². The molecule has 0 aliphatic rings. The SMILES string of the molecule is CSNC(CCC(=O)NC(CCC(=O)NC(CCC(=O)C(C)C)C(=O)C(C)C)C(=O)C(C)C)C(=O)C(C)C. The van der Waals surface area contributed by atoms with Crippen LogP contribution in [0.5, 0.6) is 0 Å². The number of carbonyl (C=O) groups is 6. The Morgan fingerprint density at radius 3 is 1.21 bits per heavy atom. The molecule has 0 saturated carbocycles. The van der Waals surface area contributed by atoms with E-state index < -0.39 is 24.0 Å². The van der Waals surface area contributed by atoms with Crippen LogP contribution in [0.15, 0.2) is 0 Å². The highest BCUT2D eigenvalue weighted by molar-refractivity contribution is 7.96. The number of carbonyl (C=O) groups excluding carboxylic acids is 6. The summed E-state index contributed by atoms with van der Waals surface area (Å²) in [5.41, 5.74) is 0. The highest BCUT2D eigenvalue weighted by Crippen LogP contribution is 2.13. The molecule has 9 nitrogen and oxygen atoms in total. The first kappa shape index (κ1) is 35.9. The third-order valence-corrected chi connectivity index (χ3v) is 6.83. The zero-order valence-electron chi connectivity index (χ0n) is 24.6. The van der Waals surface area contributed by atoms with Gasteiger partial charge in [0.2, 0.25) is 11.8 Å². The van der Waals surface area contributed by atoms with E-state index in [1.54, 1.807) is 55.4 Å². The maximum atomic E-state index is 12.8. The molecule has 0 aliphatic heterocycles. The van der Waals surface area contributed by atoms with Crippen LogP contribution in [0.25, 0.3) is 0 Å². The van der Waals surface area contributed by atoms with E-state index in [0.29, 0.717) is 6.42 Å². The summed E-state index contributed by atoms with van der Waals surface area (Å²) in [5, 5.41) is 5.47. The number of Topliss-reactive ketones (excluding diaryl/α,β-unsaturated/α-hetero) is 4. The molecule has 0 fully saturated rings. The third-order valence-electron chi connectivity index (χ3n) is 6.31. The third kappa shape index (κ3) is 13.6. The first-order chi connectivity index (χ1) is 17.6. The van der Waals surface area contributed by atoms with Crippen LogP contribution in [0.2, 0.25) is 0 Å². The molecule has 0 aromatic heterocycles. The molecule has 2 amide bonds. The lowest BCUT2D eigenvalue weighted by atomic mass is 9.94. The van der Waals surface area contributed by atoms with E-state index in [0.717, 1.165) is 0 Å². The molecule has 0 spiro atoms. The molecule has 218 valence electrons. The van der Waals surface area contributed by atoms with E-state index in [1.165, 1.54) is 11.9 Å². The van der Waals surface area contributed by atoms with Crippen molar-refractivity contribution < 1.29 is 28.8 Å². The predicted octanol–water partition coefficient (Wildman–Crippen LogP) is 3.43. The molecule has 0 aliphatic carbocycles. The normalized spacial score (nSPS) is 13.9. The van der Waals surface area contributed by atoms with Crippen LogP contribution in [0.4, 0.5) is 0 Å². The summed E-state index contributed by atoms with van der Waals surface area (Å²) < 4.78 is 3.03. The van der Waals surface area contributed by atoms with Gasteiger partial charge in [-0.2, -0.15) is 0 Å². The number of hydrogen-bond acceptors (Lipinski definition) is 8. The zero-order chi connectivity index (χ0) is 29.6. The Hall–Kier alpha value is -2.07. The molecule has 0 rings (SSSR count). The van der Waals surface area contributed by atoms with Crippen molar-refractivity contribution in [3.63, 3.8) is 0 Å². The molecule has 3 N–H and O–H groups in total. The van der Waals surface area contributed by atoms with Gasteiger partial charge in [0.25, 0.3) is 0 Å². The van der Waals surface area contributed by atoms with Crippen molar-refractivity contribution in [1.29, 1.82) is 0 Å². The predicted molar refractivity (Wildman–Crippen MR) is 151 cm³/mol. The fourth-order valence-electron chi connectivity index (χ4n) is 3.84. The number of nitrogens with one attached hydrogen (secondary N) is 3. The van der Waals surface area contributed by atoms with Gasteiger partial charge in [-0.25, -0.2) is 0 Å². The summed E-state index contributed by atoms with van der Waals surface area (Å²) in [6.07, 6.45) is 2.60. The Labute approximate surface area is 232 Å². The summed E-state index contributed by atoms with van der Waals surface area (Å²) in [5.74, 6) is -2.07. The molecule has 38 heavy (non-hydrogen) atoms. The summed E-state index contributed by atoms with van der Waals surface area (Å²) in [6, 6.07) is -2.11. The fraction of sp³-hybridized carbons (Fsp3) is 0.786. The van der Waals surface area contributed by atoms with Gasteiger partial charge in [0.1, 0.15) is 5.78 Å². The lowest BCUT2D eigenvalue weighted by Crippen LogP contribution is -2.46. The van der Waals surface area contributed by atoms with Crippen LogP contribution < -0.4 is 15.4 Å². The molecule has 3 unspecified atom stereocenters. The van der Waals surface area contributed by atoms with Crippen molar-refractivity contribution in [3.05, 3.63) is 0 Å². The van der Waals surface area contributed by atoms with Gasteiger partial charge in [0.05, 0.1) is 18.1 Å². The van der Waals surface area contributed by atoms with Crippen LogP contribution in [-0.2, 0) is 28.8 Å². The van der Waals surface area contributed by atoms with Crippen LogP contribution in [0, 0.1) is 23.7 Å². The Morgan fingerprint density at radius 2 is 0.868 bits per heavy atom. The van der Waals surface area contributed by atoms with Crippen molar-refractivity contribution in [2.45, 2.75) is 112 Å². The lowest BCUT2D eigenvalue weighted by Gasteiger charge is -2.22. The average molecular weight is 556 g/mol. The zero-order valence-corrected chi connectivity index (χ0v) is 25.5. The largest absolute Gasteiger partial charge is 0.346 e. The molecule has 0 bridgehead atoms. The second-order valence-electron chi connectivity index (χ2n) is 11.0. The van der Waals surface area contributed by atoms with Crippen LogP contribution in [-0.4, -0.2) is 59.3 Å². The van der Waals surface area contributed by atoms with E-state index in [4.69, 9.17) is 0 Å². The molecule has 10 heteroatoms. The maximum absolute atomic E-state index is 12.8. The first-order valence-corrected chi connectivity index (χ1v) is 14.9. The topological polar surface area (TPSA) is 139 Å². The minimum Gasteiger partial charge on any atom is -0.346 e. The standard InChI is InChI=1S/C28H49N3O6S/c1-16(2)23(32)13-10-20(26(35)17(3)4)29-24(33)14-11-21(27(36)18(5)6)30-25(34)15-12-22(31-38-9)28(37)19(7)8/h16-22,31H,10-15H2,1-9H3,(H,29,33)(H,30,34). The van der Waals surface area contributed by atoms with Crippen molar-refractivity contribution >= 4 is 46.9 Å². The highest BCUT2D eigenvalue weighted by Gasteiger charge is 2.28. The first-order valence-electron chi connectivity index (χ1n) is 13.6. The van der Waals surface area contributed by atoms with E-state index in [2.05, 4.69) is 15.4 Å². The molecule has 0 aromatic carbocycles. The van der Waals surface area contributed by atoms with Crippen LogP contribution in [0.1, 0.15) is 93.9 Å². The molecule has 0 radical (unpaired) electrons. The number of amides is 2. The molecular weight excluding hydrogens is 506 g/mol. The van der Waals surface area contributed by atoms with Gasteiger partial charge in [0.15, 0.2) is 17.3 Å². The number of rotatable bonds is 20. The minimum absolute atomic E-state index is 0.0132. The number of hydrogen-bond donors (Lipinski definition) is 3. The summed E-state index contributed by atoms with van der Waals surface area (Å²) in [4.78, 5) is 75.3. The number of ketones is 4. The Bertz CT molecular complexity index is 825. The second-order valence-corrected chi connectivity index (χ2v) is 11.7.